The van der Waals surface area contributed by atoms with Crippen molar-refractivity contribution < 1.29 is 14.3 Å². The average Bonchev–Trinajstić information content (AvgIpc) is 2.86. The van der Waals surface area contributed by atoms with Gasteiger partial charge in [0.1, 0.15) is 6.04 Å². The summed E-state index contributed by atoms with van der Waals surface area (Å²) < 4.78 is 10.8. The predicted molar refractivity (Wildman–Crippen MR) is 77.4 cm³/mol. The third-order valence-electron chi connectivity index (χ3n) is 3.51. The summed E-state index contributed by atoms with van der Waals surface area (Å²) in [5.74, 6) is 1.47. The lowest BCUT2D eigenvalue weighted by atomic mass is 10.1. The second kappa shape index (κ2) is 4.74. The lowest BCUT2D eigenvalue weighted by molar-refractivity contribution is -0.119. The fraction of sp³-hybridized carbons (Fsp3) is 0.400. The number of amides is 1. The minimum Gasteiger partial charge on any atom is -0.454 e. The van der Waals surface area contributed by atoms with Crippen LogP contribution in [0, 0.1) is 0 Å². The van der Waals surface area contributed by atoms with E-state index in [1.54, 1.807) is 4.90 Å². The summed E-state index contributed by atoms with van der Waals surface area (Å²) in [4.78, 5) is 14.3. The van der Waals surface area contributed by atoms with Crippen molar-refractivity contribution in [2.75, 3.05) is 23.6 Å². The molecule has 1 atom stereocenters. The molecule has 0 radical (unpaired) electrons. The average molecular weight is 274 g/mol. The minimum atomic E-state index is -0.206. The first-order valence-electron chi connectivity index (χ1n) is 6.76. The molecular weight excluding hydrogens is 256 g/mol. The number of anilines is 2. The van der Waals surface area contributed by atoms with Gasteiger partial charge in [-0.25, -0.2) is 0 Å². The molecule has 0 spiro atoms. The molecule has 0 fully saturated rings. The van der Waals surface area contributed by atoms with Crippen molar-refractivity contribution >= 4 is 17.3 Å². The van der Waals surface area contributed by atoms with Crippen molar-refractivity contribution in [3.8, 4) is 11.5 Å². The molecule has 0 saturated carbocycles. The molecule has 1 N–H and O–H groups in total. The monoisotopic (exact) mass is 274 g/mol. The third kappa shape index (κ3) is 1.99. The quantitative estimate of drug-likeness (QED) is 0.861. The summed E-state index contributed by atoms with van der Waals surface area (Å²) in [6.07, 6.45) is 0.736. The summed E-state index contributed by atoms with van der Waals surface area (Å²) in [6, 6.07) is 3.55. The van der Waals surface area contributed by atoms with Crippen LogP contribution in [-0.2, 0) is 4.79 Å². The number of ether oxygens (including phenoxy) is 2. The smallest absolute Gasteiger partial charge is 0.249 e. The van der Waals surface area contributed by atoms with Gasteiger partial charge in [-0.1, -0.05) is 19.1 Å². The molecule has 1 amide bonds. The van der Waals surface area contributed by atoms with Crippen molar-refractivity contribution in [3.05, 3.63) is 24.3 Å². The largest absolute Gasteiger partial charge is 0.454 e. The first-order chi connectivity index (χ1) is 9.60. The van der Waals surface area contributed by atoms with Gasteiger partial charge in [-0.2, -0.15) is 0 Å². The van der Waals surface area contributed by atoms with Gasteiger partial charge in [0.15, 0.2) is 11.5 Å². The molecule has 1 aromatic rings. The molecule has 3 rings (SSSR count). The predicted octanol–water partition coefficient (Wildman–Crippen LogP) is 2.53. The van der Waals surface area contributed by atoms with Crippen molar-refractivity contribution in [1.29, 1.82) is 0 Å². The van der Waals surface area contributed by atoms with Gasteiger partial charge in [0.2, 0.25) is 12.7 Å². The normalized spacial score (nSPS) is 19.6. The first kappa shape index (κ1) is 12.8. The zero-order valence-electron chi connectivity index (χ0n) is 11.7. The molecule has 2 aliphatic heterocycles. The molecule has 2 aliphatic rings. The first-order valence-corrected chi connectivity index (χ1v) is 6.76. The Kier molecular flexibility index (Phi) is 3.04. The van der Waals surface area contributed by atoms with E-state index in [1.165, 1.54) is 0 Å². The van der Waals surface area contributed by atoms with Gasteiger partial charge >= 0.3 is 0 Å². The third-order valence-corrected chi connectivity index (χ3v) is 3.51. The van der Waals surface area contributed by atoms with E-state index in [4.69, 9.17) is 9.47 Å². The number of hydrogen-bond acceptors (Lipinski definition) is 4. The van der Waals surface area contributed by atoms with E-state index < -0.39 is 0 Å². The van der Waals surface area contributed by atoms with Gasteiger partial charge in [0, 0.05) is 18.7 Å². The molecule has 20 heavy (non-hydrogen) atoms. The second-order valence-electron chi connectivity index (χ2n) is 5.21. The van der Waals surface area contributed by atoms with Gasteiger partial charge in [0.25, 0.3) is 0 Å². The van der Waals surface area contributed by atoms with Crippen LogP contribution in [0.2, 0.25) is 0 Å². The van der Waals surface area contributed by atoms with Crippen LogP contribution < -0.4 is 19.7 Å². The number of benzene rings is 1. The van der Waals surface area contributed by atoms with Crippen LogP contribution in [0.5, 0.6) is 11.5 Å². The van der Waals surface area contributed by atoms with Gasteiger partial charge < -0.3 is 19.7 Å². The lowest BCUT2D eigenvalue weighted by Crippen LogP contribution is -2.47. The Morgan fingerprint density at radius 3 is 2.80 bits per heavy atom. The number of rotatable bonds is 3. The highest BCUT2D eigenvalue weighted by atomic mass is 16.7. The fourth-order valence-corrected chi connectivity index (χ4v) is 2.54. The zero-order valence-corrected chi connectivity index (χ0v) is 11.7. The molecule has 0 aromatic heterocycles. The SMILES string of the molecule is C=C(C)CN1C(=O)C(CC)Nc2cc3c(cc21)OCO3. The molecule has 5 heteroatoms. The van der Waals surface area contributed by atoms with Gasteiger partial charge in [-0.3, -0.25) is 4.79 Å². The number of carbonyl (C=O) groups is 1. The summed E-state index contributed by atoms with van der Waals surface area (Å²) in [5, 5.41) is 3.27. The van der Waals surface area contributed by atoms with Crippen LogP contribution in [-0.4, -0.2) is 25.3 Å². The number of nitrogens with zero attached hydrogens (tertiary/aromatic N) is 1. The molecule has 0 saturated heterocycles. The summed E-state index contributed by atoms with van der Waals surface area (Å²) in [7, 11) is 0. The standard InChI is InChI=1S/C15H18N2O3/c1-4-10-15(18)17(7-9(2)3)12-6-14-13(19-8-20-14)5-11(12)16-10/h5-6,10,16H,2,4,7-8H2,1,3H3. The molecule has 5 nitrogen and oxygen atoms in total. The molecule has 1 aromatic carbocycles. The van der Waals surface area contributed by atoms with E-state index in [2.05, 4.69) is 11.9 Å². The number of nitrogens with one attached hydrogen (secondary N) is 1. The molecule has 0 bridgehead atoms. The maximum Gasteiger partial charge on any atom is 0.249 e. The highest BCUT2D eigenvalue weighted by Crippen LogP contribution is 2.43. The Balaban J connectivity index is 2.06. The van der Waals surface area contributed by atoms with Gasteiger partial charge in [-0.15, -0.1) is 0 Å². The molecule has 106 valence electrons. The Morgan fingerprint density at radius 2 is 2.15 bits per heavy atom. The Labute approximate surface area is 118 Å². The van der Waals surface area contributed by atoms with Crippen LogP contribution in [0.4, 0.5) is 11.4 Å². The van der Waals surface area contributed by atoms with Crippen molar-refractivity contribution in [3.63, 3.8) is 0 Å². The van der Waals surface area contributed by atoms with Gasteiger partial charge in [0.05, 0.1) is 11.4 Å². The number of fused-ring (bicyclic) bond motifs is 2. The van der Waals surface area contributed by atoms with E-state index in [0.29, 0.717) is 12.3 Å². The van der Waals surface area contributed by atoms with Gasteiger partial charge in [-0.05, 0) is 13.3 Å². The molecule has 0 aliphatic carbocycles. The Morgan fingerprint density at radius 1 is 1.45 bits per heavy atom. The lowest BCUT2D eigenvalue weighted by Gasteiger charge is -2.35. The van der Waals surface area contributed by atoms with Crippen LogP contribution in [0.1, 0.15) is 20.3 Å². The highest BCUT2D eigenvalue weighted by molar-refractivity contribution is 6.05. The fourth-order valence-electron chi connectivity index (χ4n) is 2.54. The van der Waals surface area contributed by atoms with E-state index in [1.807, 2.05) is 26.0 Å². The van der Waals surface area contributed by atoms with E-state index in [0.717, 1.165) is 29.1 Å². The Hall–Kier alpha value is -2.17. The molecule has 1 unspecified atom stereocenters. The van der Waals surface area contributed by atoms with Crippen molar-refractivity contribution in [2.24, 2.45) is 0 Å². The van der Waals surface area contributed by atoms with Crippen molar-refractivity contribution in [1.82, 2.24) is 0 Å². The topological polar surface area (TPSA) is 50.8 Å². The zero-order chi connectivity index (χ0) is 14.3. The van der Waals surface area contributed by atoms with Crippen molar-refractivity contribution in [2.45, 2.75) is 26.3 Å². The number of carbonyl (C=O) groups excluding carboxylic acids is 1. The Bertz CT molecular complexity index is 583. The minimum absolute atomic E-state index is 0.0712. The summed E-state index contributed by atoms with van der Waals surface area (Å²) in [5.41, 5.74) is 2.67. The maximum absolute atomic E-state index is 12.5. The second-order valence-corrected chi connectivity index (χ2v) is 5.21. The highest BCUT2D eigenvalue weighted by Gasteiger charge is 2.33. The maximum atomic E-state index is 12.5. The van der Waals surface area contributed by atoms with Crippen LogP contribution in [0.3, 0.4) is 0 Å². The van der Waals surface area contributed by atoms with E-state index >= 15 is 0 Å². The summed E-state index contributed by atoms with van der Waals surface area (Å²) in [6.45, 7) is 8.57. The molecule has 2 heterocycles. The van der Waals surface area contributed by atoms with Crippen LogP contribution in [0.15, 0.2) is 24.3 Å². The molecular formula is C15H18N2O3. The summed E-state index contributed by atoms with van der Waals surface area (Å²) >= 11 is 0. The van der Waals surface area contributed by atoms with Crippen LogP contribution in [0.25, 0.3) is 0 Å². The van der Waals surface area contributed by atoms with E-state index in [9.17, 15) is 4.79 Å². The van der Waals surface area contributed by atoms with Crippen LogP contribution >= 0.6 is 0 Å². The number of hydrogen-bond donors (Lipinski definition) is 1. The van der Waals surface area contributed by atoms with E-state index in [-0.39, 0.29) is 18.7 Å².